The van der Waals surface area contributed by atoms with Crippen molar-refractivity contribution in [1.29, 1.82) is 5.26 Å². The van der Waals surface area contributed by atoms with E-state index in [1.165, 1.54) is 0 Å². The minimum Gasteiger partial charge on any atom is -0.294 e. The lowest BCUT2D eigenvalue weighted by molar-refractivity contribution is 0.0880. The van der Waals surface area contributed by atoms with E-state index < -0.39 is 0 Å². The molecule has 0 saturated heterocycles. The number of ketones is 1. The molecule has 0 spiro atoms. The first kappa shape index (κ1) is 14.5. The quantitative estimate of drug-likeness (QED) is 0.799. The number of nitriles is 1. The normalized spacial score (nSPS) is 21.0. The van der Waals surface area contributed by atoms with Gasteiger partial charge in [0.2, 0.25) is 0 Å². The standard InChI is InChI=1S/C19H18N2O/c20-13-14-9-10-21-18(11-14)16-7-4-8-17(12-16)19(22)15-5-2-1-3-6-15/h1-3,5-6,9-11,16-17H,4,7-8,12H2/t16-,17-/m1/s1. The summed E-state index contributed by atoms with van der Waals surface area (Å²) in [5, 5.41) is 9.02. The largest absolute Gasteiger partial charge is 0.294 e. The van der Waals surface area contributed by atoms with Crippen LogP contribution in [0.25, 0.3) is 0 Å². The van der Waals surface area contributed by atoms with Gasteiger partial charge in [0.05, 0.1) is 11.6 Å². The van der Waals surface area contributed by atoms with Crippen molar-refractivity contribution < 1.29 is 4.79 Å². The minimum absolute atomic E-state index is 0.0636. The summed E-state index contributed by atoms with van der Waals surface area (Å²) in [6.45, 7) is 0. The second-order valence-electron chi connectivity index (χ2n) is 5.87. The summed E-state index contributed by atoms with van der Waals surface area (Å²) in [6.07, 6.45) is 5.54. The maximum atomic E-state index is 12.6. The highest BCUT2D eigenvalue weighted by molar-refractivity contribution is 5.97. The van der Waals surface area contributed by atoms with Crippen LogP contribution in [0.15, 0.2) is 48.7 Å². The van der Waals surface area contributed by atoms with Crippen LogP contribution in [-0.4, -0.2) is 10.8 Å². The molecule has 1 aromatic carbocycles. The Balaban J connectivity index is 1.77. The van der Waals surface area contributed by atoms with Gasteiger partial charge in [0.1, 0.15) is 0 Å². The Hall–Kier alpha value is -2.47. The molecule has 0 bridgehead atoms. The van der Waals surface area contributed by atoms with Crippen LogP contribution in [0.3, 0.4) is 0 Å². The van der Waals surface area contributed by atoms with Crippen molar-refractivity contribution in [2.45, 2.75) is 31.6 Å². The first-order valence-electron chi connectivity index (χ1n) is 7.73. The number of benzene rings is 1. The lowest BCUT2D eigenvalue weighted by Crippen LogP contribution is -2.22. The van der Waals surface area contributed by atoms with Crippen molar-refractivity contribution in [2.75, 3.05) is 0 Å². The zero-order valence-corrected chi connectivity index (χ0v) is 12.4. The summed E-state index contributed by atoms with van der Waals surface area (Å²) in [5.41, 5.74) is 2.39. The number of nitrogens with zero attached hydrogens (tertiary/aromatic N) is 2. The second kappa shape index (κ2) is 6.53. The van der Waals surface area contributed by atoms with Gasteiger partial charge in [0.15, 0.2) is 5.78 Å². The average molecular weight is 290 g/mol. The molecule has 0 radical (unpaired) electrons. The van der Waals surface area contributed by atoms with Crippen molar-refractivity contribution >= 4 is 5.78 Å². The zero-order valence-electron chi connectivity index (χ0n) is 12.4. The summed E-state index contributed by atoms with van der Waals surface area (Å²) >= 11 is 0. The summed E-state index contributed by atoms with van der Waals surface area (Å²) in [5.74, 6) is 0.579. The Morgan fingerprint density at radius 1 is 1.18 bits per heavy atom. The van der Waals surface area contributed by atoms with Gasteiger partial charge in [-0.3, -0.25) is 9.78 Å². The summed E-state index contributed by atoms with van der Waals surface area (Å²) in [6, 6.07) is 15.3. The molecule has 1 aliphatic carbocycles. The molecule has 1 aliphatic rings. The Kier molecular flexibility index (Phi) is 4.29. The number of hydrogen-bond acceptors (Lipinski definition) is 3. The van der Waals surface area contributed by atoms with E-state index in [9.17, 15) is 4.79 Å². The van der Waals surface area contributed by atoms with E-state index in [2.05, 4.69) is 11.1 Å². The zero-order chi connectivity index (χ0) is 15.4. The Bertz CT molecular complexity index is 703. The Morgan fingerprint density at radius 2 is 2.00 bits per heavy atom. The Morgan fingerprint density at radius 3 is 2.77 bits per heavy atom. The molecule has 1 aromatic heterocycles. The van der Waals surface area contributed by atoms with Crippen molar-refractivity contribution in [3.8, 4) is 6.07 Å². The fourth-order valence-electron chi connectivity index (χ4n) is 3.28. The van der Waals surface area contributed by atoms with Gasteiger partial charge in [0.25, 0.3) is 0 Å². The minimum atomic E-state index is 0.0636. The van der Waals surface area contributed by atoms with Crippen LogP contribution in [-0.2, 0) is 0 Å². The molecular weight excluding hydrogens is 272 g/mol. The van der Waals surface area contributed by atoms with Crippen LogP contribution in [0.4, 0.5) is 0 Å². The Labute approximate surface area is 130 Å². The second-order valence-corrected chi connectivity index (χ2v) is 5.87. The number of carbonyl (C=O) groups is 1. The predicted molar refractivity (Wildman–Crippen MR) is 84.4 cm³/mol. The van der Waals surface area contributed by atoms with Gasteiger partial charge in [-0.05, 0) is 31.4 Å². The molecule has 3 rings (SSSR count). The molecule has 110 valence electrons. The predicted octanol–water partition coefficient (Wildman–Crippen LogP) is 4.11. The monoisotopic (exact) mass is 290 g/mol. The maximum absolute atomic E-state index is 12.6. The molecule has 0 aliphatic heterocycles. The smallest absolute Gasteiger partial charge is 0.165 e. The first-order valence-corrected chi connectivity index (χ1v) is 7.73. The van der Waals surface area contributed by atoms with Crippen LogP contribution in [0.5, 0.6) is 0 Å². The van der Waals surface area contributed by atoms with Crippen molar-refractivity contribution in [1.82, 2.24) is 4.98 Å². The van der Waals surface area contributed by atoms with E-state index in [4.69, 9.17) is 5.26 Å². The molecule has 22 heavy (non-hydrogen) atoms. The van der Waals surface area contributed by atoms with Gasteiger partial charge in [-0.15, -0.1) is 0 Å². The van der Waals surface area contributed by atoms with Crippen molar-refractivity contribution in [2.24, 2.45) is 5.92 Å². The summed E-state index contributed by atoms with van der Waals surface area (Å²) in [4.78, 5) is 17.0. The van der Waals surface area contributed by atoms with Gasteiger partial charge >= 0.3 is 0 Å². The van der Waals surface area contributed by atoms with Crippen LogP contribution < -0.4 is 0 Å². The fraction of sp³-hybridized carbons (Fsp3) is 0.316. The molecule has 0 unspecified atom stereocenters. The van der Waals surface area contributed by atoms with Gasteiger partial charge in [-0.2, -0.15) is 5.26 Å². The molecule has 1 saturated carbocycles. The molecular formula is C19H18N2O. The van der Waals surface area contributed by atoms with Gasteiger partial charge in [-0.25, -0.2) is 0 Å². The number of rotatable bonds is 3. The molecule has 3 heteroatoms. The molecule has 2 atom stereocenters. The van der Waals surface area contributed by atoms with E-state index in [-0.39, 0.29) is 17.6 Å². The van der Waals surface area contributed by atoms with E-state index >= 15 is 0 Å². The molecule has 3 nitrogen and oxygen atoms in total. The fourth-order valence-corrected chi connectivity index (χ4v) is 3.28. The van der Waals surface area contributed by atoms with Crippen LogP contribution >= 0.6 is 0 Å². The van der Waals surface area contributed by atoms with E-state index in [0.29, 0.717) is 5.56 Å². The van der Waals surface area contributed by atoms with E-state index in [1.54, 1.807) is 12.3 Å². The van der Waals surface area contributed by atoms with Crippen molar-refractivity contribution in [3.63, 3.8) is 0 Å². The maximum Gasteiger partial charge on any atom is 0.165 e. The highest BCUT2D eigenvalue weighted by Crippen LogP contribution is 2.37. The van der Waals surface area contributed by atoms with Crippen LogP contribution in [0, 0.1) is 17.2 Å². The first-order chi connectivity index (χ1) is 10.8. The SMILES string of the molecule is N#Cc1ccnc([C@@H]2CCC[C@@H](C(=O)c3ccccc3)C2)c1. The number of pyridine rings is 1. The molecule has 0 amide bonds. The highest BCUT2D eigenvalue weighted by atomic mass is 16.1. The molecule has 2 aromatic rings. The third-order valence-corrected chi connectivity index (χ3v) is 4.43. The lowest BCUT2D eigenvalue weighted by Gasteiger charge is -2.28. The van der Waals surface area contributed by atoms with Gasteiger partial charge < -0.3 is 0 Å². The number of aromatic nitrogens is 1. The number of Topliss-reactive ketones (excluding diaryl/α,β-unsaturated/α-hetero) is 1. The number of hydrogen-bond donors (Lipinski definition) is 0. The molecule has 0 N–H and O–H groups in total. The van der Waals surface area contributed by atoms with Crippen molar-refractivity contribution in [3.05, 3.63) is 65.5 Å². The van der Waals surface area contributed by atoms with Crippen LogP contribution in [0.2, 0.25) is 0 Å². The van der Waals surface area contributed by atoms with E-state index in [1.807, 2.05) is 36.4 Å². The third kappa shape index (κ3) is 3.07. The molecule has 1 fully saturated rings. The topological polar surface area (TPSA) is 53.8 Å². The van der Waals surface area contributed by atoms with Gasteiger partial charge in [-0.1, -0.05) is 36.8 Å². The molecule has 1 heterocycles. The summed E-state index contributed by atoms with van der Waals surface area (Å²) in [7, 11) is 0. The van der Waals surface area contributed by atoms with E-state index in [0.717, 1.165) is 36.9 Å². The third-order valence-electron chi connectivity index (χ3n) is 4.43. The lowest BCUT2D eigenvalue weighted by atomic mass is 9.76. The average Bonchev–Trinajstić information content (AvgIpc) is 2.62. The highest BCUT2D eigenvalue weighted by Gasteiger charge is 2.29. The van der Waals surface area contributed by atoms with Crippen LogP contribution in [0.1, 0.15) is 53.2 Å². The number of carbonyl (C=O) groups excluding carboxylic acids is 1. The van der Waals surface area contributed by atoms with Gasteiger partial charge in [0, 0.05) is 29.3 Å². The summed E-state index contributed by atoms with van der Waals surface area (Å²) < 4.78 is 0.